The largest absolute Gasteiger partial charge is 0.372 e. The zero-order valence-corrected chi connectivity index (χ0v) is 15.7. The lowest BCUT2D eigenvalue weighted by molar-refractivity contribution is 0.0634. The minimum absolute atomic E-state index is 0.0249. The van der Waals surface area contributed by atoms with E-state index in [-0.39, 0.29) is 11.9 Å². The van der Waals surface area contributed by atoms with Crippen LogP contribution in [0.3, 0.4) is 0 Å². The molecule has 3 rings (SSSR count). The predicted molar refractivity (Wildman–Crippen MR) is 106 cm³/mol. The maximum Gasteiger partial charge on any atom is 0.254 e. The molecule has 26 heavy (non-hydrogen) atoms. The highest BCUT2D eigenvalue weighted by molar-refractivity contribution is 5.95. The highest BCUT2D eigenvalue weighted by atomic mass is 16.2. The molecule has 0 aliphatic carbocycles. The van der Waals surface area contributed by atoms with E-state index >= 15 is 0 Å². The van der Waals surface area contributed by atoms with Crippen LogP contribution >= 0.6 is 0 Å². The topological polar surface area (TPSA) is 48.5 Å². The molecule has 1 atom stereocenters. The summed E-state index contributed by atoms with van der Waals surface area (Å²) in [6.07, 6.45) is 4.73. The van der Waals surface area contributed by atoms with Crippen LogP contribution in [0, 0.1) is 0 Å². The second-order valence-electron chi connectivity index (χ2n) is 6.63. The number of amides is 1. The van der Waals surface area contributed by atoms with E-state index in [4.69, 9.17) is 0 Å². The van der Waals surface area contributed by atoms with Gasteiger partial charge in [-0.2, -0.15) is 0 Å². The van der Waals surface area contributed by atoms with Crippen molar-refractivity contribution in [2.24, 2.45) is 0 Å². The van der Waals surface area contributed by atoms with Crippen LogP contribution in [0.5, 0.6) is 0 Å². The Hall–Kier alpha value is -2.40. The van der Waals surface area contributed by atoms with Gasteiger partial charge >= 0.3 is 0 Å². The fourth-order valence-corrected chi connectivity index (χ4v) is 3.54. The number of anilines is 1. The fraction of sp³-hybridized carbons (Fsp3) is 0.429. The third-order valence-electron chi connectivity index (χ3n) is 4.93. The molecule has 138 valence electrons. The first-order chi connectivity index (χ1) is 12.7. The SMILES string of the molecule is CCCN(CC)c1ccc(C(=O)N2CCNCC2c2cccnc2)cc1. The summed E-state index contributed by atoms with van der Waals surface area (Å²) in [5.41, 5.74) is 3.00. The Labute approximate surface area is 156 Å². The molecular formula is C21H28N4O. The molecule has 1 fully saturated rings. The molecule has 1 N–H and O–H groups in total. The monoisotopic (exact) mass is 352 g/mol. The van der Waals surface area contributed by atoms with Gasteiger partial charge in [0.15, 0.2) is 0 Å². The zero-order chi connectivity index (χ0) is 18.4. The number of rotatable bonds is 6. The van der Waals surface area contributed by atoms with Crippen LogP contribution in [0.15, 0.2) is 48.8 Å². The molecule has 1 unspecified atom stereocenters. The molecule has 0 bridgehead atoms. The number of aromatic nitrogens is 1. The van der Waals surface area contributed by atoms with Gasteiger partial charge in [-0.15, -0.1) is 0 Å². The minimum Gasteiger partial charge on any atom is -0.372 e. The molecule has 1 amide bonds. The molecule has 5 heteroatoms. The van der Waals surface area contributed by atoms with Gasteiger partial charge in [-0.05, 0) is 49.2 Å². The third kappa shape index (κ3) is 4.05. The summed E-state index contributed by atoms with van der Waals surface area (Å²) < 4.78 is 0. The van der Waals surface area contributed by atoms with Crippen LogP contribution in [-0.4, -0.2) is 48.5 Å². The van der Waals surface area contributed by atoms with Gasteiger partial charge in [0.2, 0.25) is 0 Å². The Bertz CT molecular complexity index is 702. The van der Waals surface area contributed by atoms with Crippen LogP contribution in [0.1, 0.15) is 42.2 Å². The number of pyridine rings is 1. The van der Waals surface area contributed by atoms with Crippen molar-refractivity contribution in [1.82, 2.24) is 15.2 Å². The number of carbonyl (C=O) groups excluding carboxylic acids is 1. The van der Waals surface area contributed by atoms with Crippen LogP contribution in [0.25, 0.3) is 0 Å². The molecule has 0 saturated carbocycles. The third-order valence-corrected chi connectivity index (χ3v) is 4.93. The van der Waals surface area contributed by atoms with Crippen molar-refractivity contribution in [2.45, 2.75) is 26.3 Å². The Morgan fingerprint density at radius 2 is 2.08 bits per heavy atom. The maximum atomic E-state index is 13.1. The number of hydrogen-bond acceptors (Lipinski definition) is 4. The Morgan fingerprint density at radius 3 is 2.73 bits per heavy atom. The molecule has 1 aromatic heterocycles. The molecule has 2 heterocycles. The van der Waals surface area contributed by atoms with Gasteiger partial charge in [0, 0.05) is 56.4 Å². The van der Waals surface area contributed by atoms with Crippen molar-refractivity contribution in [2.75, 3.05) is 37.6 Å². The molecule has 1 aromatic carbocycles. The summed E-state index contributed by atoms with van der Waals surface area (Å²) in [4.78, 5) is 21.6. The second kappa shape index (κ2) is 8.81. The number of nitrogens with zero attached hydrogens (tertiary/aromatic N) is 3. The zero-order valence-electron chi connectivity index (χ0n) is 15.7. The molecule has 1 aliphatic rings. The highest BCUT2D eigenvalue weighted by Gasteiger charge is 2.28. The van der Waals surface area contributed by atoms with Crippen molar-refractivity contribution in [3.05, 3.63) is 59.9 Å². The van der Waals surface area contributed by atoms with Crippen LogP contribution in [-0.2, 0) is 0 Å². The number of benzene rings is 1. The van der Waals surface area contributed by atoms with E-state index in [9.17, 15) is 4.79 Å². The van der Waals surface area contributed by atoms with Gasteiger partial charge < -0.3 is 15.1 Å². The van der Waals surface area contributed by atoms with Gasteiger partial charge in [0.05, 0.1) is 6.04 Å². The average Bonchev–Trinajstić information content (AvgIpc) is 2.72. The van der Waals surface area contributed by atoms with Crippen molar-refractivity contribution >= 4 is 11.6 Å². The summed E-state index contributed by atoms with van der Waals surface area (Å²) >= 11 is 0. The lowest BCUT2D eigenvalue weighted by Gasteiger charge is -2.36. The maximum absolute atomic E-state index is 13.1. The molecule has 0 radical (unpaired) electrons. The first-order valence-corrected chi connectivity index (χ1v) is 9.51. The molecular weight excluding hydrogens is 324 g/mol. The summed E-state index contributed by atoms with van der Waals surface area (Å²) in [6.45, 7) is 8.64. The highest BCUT2D eigenvalue weighted by Crippen LogP contribution is 2.24. The Balaban J connectivity index is 1.78. The lowest BCUT2D eigenvalue weighted by atomic mass is 10.0. The second-order valence-corrected chi connectivity index (χ2v) is 6.63. The normalized spacial score (nSPS) is 17.2. The van der Waals surface area contributed by atoms with Gasteiger partial charge in [0.1, 0.15) is 0 Å². The molecule has 0 spiro atoms. The molecule has 5 nitrogen and oxygen atoms in total. The molecule has 2 aromatic rings. The predicted octanol–water partition coefficient (Wildman–Crippen LogP) is 3.10. The van der Waals surface area contributed by atoms with E-state index in [0.717, 1.165) is 43.7 Å². The number of hydrogen-bond donors (Lipinski definition) is 1. The molecule has 1 aliphatic heterocycles. The van der Waals surface area contributed by atoms with Gasteiger partial charge in [-0.1, -0.05) is 13.0 Å². The number of nitrogens with one attached hydrogen (secondary N) is 1. The van der Waals surface area contributed by atoms with E-state index in [1.807, 2.05) is 35.4 Å². The van der Waals surface area contributed by atoms with E-state index in [1.54, 1.807) is 6.20 Å². The number of carbonyl (C=O) groups is 1. The van der Waals surface area contributed by atoms with E-state index in [1.165, 1.54) is 5.69 Å². The fourth-order valence-electron chi connectivity index (χ4n) is 3.54. The van der Waals surface area contributed by atoms with Gasteiger partial charge in [-0.3, -0.25) is 9.78 Å². The van der Waals surface area contributed by atoms with Crippen molar-refractivity contribution in [3.8, 4) is 0 Å². The van der Waals surface area contributed by atoms with Crippen molar-refractivity contribution in [3.63, 3.8) is 0 Å². The Kier molecular flexibility index (Phi) is 6.23. The summed E-state index contributed by atoms with van der Waals surface area (Å²) in [5, 5.41) is 3.39. The summed E-state index contributed by atoms with van der Waals surface area (Å²) in [5.74, 6) is 0.0884. The lowest BCUT2D eigenvalue weighted by Crippen LogP contribution is -2.48. The van der Waals surface area contributed by atoms with E-state index in [0.29, 0.717) is 6.54 Å². The van der Waals surface area contributed by atoms with E-state index in [2.05, 4.69) is 41.2 Å². The average molecular weight is 352 g/mol. The first kappa shape index (κ1) is 18.4. The Morgan fingerprint density at radius 1 is 1.27 bits per heavy atom. The standard InChI is InChI=1S/C21H28N4O/c1-3-13-24(4-2)19-9-7-17(8-10-19)21(26)25-14-12-23-16-20(25)18-6-5-11-22-15-18/h5-11,15,20,23H,3-4,12-14,16H2,1-2H3. The summed E-state index contributed by atoms with van der Waals surface area (Å²) in [7, 11) is 0. The van der Waals surface area contributed by atoms with Crippen LogP contribution in [0.2, 0.25) is 0 Å². The van der Waals surface area contributed by atoms with Crippen molar-refractivity contribution in [1.29, 1.82) is 0 Å². The smallest absolute Gasteiger partial charge is 0.254 e. The van der Waals surface area contributed by atoms with Gasteiger partial charge in [-0.25, -0.2) is 0 Å². The number of piperazine rings is 1. The van der Waals surface area contributed by atoms with Crippen LogP contribution in [0.4, 0.5) is 5.69 Å². The first-order valence-electron chi connectivity index (χ1n) is 9.51. The van der Waals surface area contributed by atoms with Crippen LogP contribution < -0.4 is 10.2 Å². The van der Waals surface area contributed by atoms with Gasteiger partial charge in [0.25, 0.3) is 5.91 Å². The quantitative estimate of drug-likeness (QED) is 0.868. The molecule has 1 saturated heterocycles. The van der Waals surface area contributed by atoms with E-state index < -0.39 is 0 Å². The minimum atomic E-state index is 0.0249. The van der Waals surface area contributed by atoms with Crippen molar-refractivity contribution < 1.29 is 4.79 Å². The summed E-state index contributed by atoms with van der Waals surface area (Å²) in [6, 6.07) is 12.0.